The summed E-state index contributed by atoms with van der Waals surface area (Å²) >= 11 is 0. The van der Waals surface area contributed by atoms with Crippen molar-refractivity contribution in [2.24, 2.45) is 5.92 Å². The Morgan fingerprint density at radius 2 is 2.11 bits per heavy atom. The molecule has 0 saturated carbocycles. The summed E-state index contributed by atoms with van der Waals surface area (Å²) in [5.74, 6) is 0.412. The van der Waals surface area contributed by atoms with Gasteiger partial charge in [-0.15, -0.1) is 0 Å². The van der Waals surface area contributed by atoms with Crippen LogP contribution < -0.4 is 5.32 Å². The molecule has 18 heavy (non-hydrogen) atoms. The lowest BCUT2D eigenvalue weighted by molar-refractivity contribution is -0.386. The van der Waals surface area contributed by atoms with E-state index in [-0.39, 0.29) is 16.7 Å². The summed E-state index contributed by atoms with van der Waals surface area (Å²) in [5.41, 5.74) is 1.38. The molecule has 0 saturated heterocycles. The van der Waals surface area contributed by atoms with Gasteiger partial charge in [-0.05, 0) is 26.8 Å². The number of hydrogen-bond donors (Lipinski definition) is 1. The molecule has 1 aromatic rings. The van der Waals surface area contributed by atoms with Gasteiger partial charge in [-0.25, -0.2) is 0 Å². The van der Waals surface area contributed by atoms with Gasteiger partial charge < -0.3 is 5.32 Å². The highest BCUT2D eigenvalue weighted by molar-refractivity contribution is 5.41. The van der Waals surface area contributed by atoms with Crippen molar-refractivity contribution in [2.75, 3.05) is 7.05 Å². The van der Waals surface area contributed by atoms with Crippen LogP contribution in [-0.2, 0) is 13.0 Å². The number of aryl methyl sites for hydroxylation is 2. The van der Waals surface area contributed by atoms with Gasteiger partial charge in [0.15, 0.2) is 0 Å². The van der Waals surface area contributed by atoms with Gasteiger partial charge in [-0.3, -0.25) is 14.8 Å². The van der Waals surface area contributed by atoms with Crippen LogP contribution in [-0.4, -0.2) is 27.8 Å². The number of rotatable bonds is 6. The normalized spacial score (nSPS) is 13.0. The molecule has 0 aliphatic heterocycles. The van der Waals surface area contributed by atoms with Gasteiger partial charge in [0.05, 0.1) is 4.92 Å². The van der Waals surface area contributed by atoms with E-state index in [1.165, 1.54) is 0 Å². The van der Waals surface area contributed by atoms with Crippen molar-refractivity contribution >= 4 is 5.69 Å². The highest BCUT2D eigenvalue weighted by Crippen LogP contribution is 2.25. The first-order chi connectivity index (χ1) is 8.42. The lowest BCUT2D eigenvalue weighted by Gasteiger charge is -2.20. The SMILES string of the molecule is CCn1nc(C)c([N+](=O)[O-])c1CC(NC)C(C)C. The number of likely N-dealkylation sites (N-methyl/N-ethyl adjacent to an activating group) is 1. The third-order valence-electron chi connectivity index (χ3n) is 3.27. The molecule has 1 rings (SSSR count). The van der Waals surface area contributed by atoms with Crippen LogP contribution in [0.15, 0.2) is 0 Å². The van der Waals surface area contributed by atoms with Gasteiger partial charge in [-0.1, -0.05) is 13.8 Å². The smallest absolute Gasteiger partial charge is 0.313 e. The van der Waals surface area contributed by atoms with E-state index in [2.05, 4.69) is 24.3 Å². The Morgan fingerprint density at radius 3 is 2.50 bits per heavy atom. The quantitative estimate of drug-likeness (QED) is 0.621. The molecule has 1 aromatic heterocycles. The maximum Gasteiger partial charge on any atom is 0.313 e. The highest BCUT2D eigenvalue weighted by atomic mass is 16.6. The standard InChI is InChI=1S/C12H22N4O2/c1-6-15-11(7-10(13-5)8(2)3)12(16(17)18)9(4)14-15/h8,10,13H,6-7H2,1-5H3. The predicted molar refractivity (Wildman–Crippen MR) is 70.7 cm³/mol. The van der Waals surface area contributed by atoms with Crippen LogP contribution in [0.25, 0.3) is 0 Å². The van der Waals surface area contributed by atoms with Crippen LogP contribution in [0.3, 0.4) is 0 Å². The molecule has 0 bridgehead atoms. The first-order valence-electron chi connectivity index (χ1n) is 6.30. The summed E-state index contributed by atoms with van der Waals surface area (Å²) in [6, 6.07) is 0.213. The van der Waals surface area contributed by atoms with Crippen molar-refractivity contribution in [1.82, 2.24) is 15.1 Å². The second kappa shape index (κ2) is 5.95. The van der Waals surface area contributed by atoms with E-state index < -0.39 is 0 Å². The summed E-state index contributed by atoms with van der Waals surface area (Å²) < 4.78 is 1.74. The molecule has 0 aliphatic rings. The lowest BCUT2D eigenvalue weighted by Crippen LogP contribution is -2.33. The predicted octanol–water partition coefficient (Wildman–Crippen LogP) is 1.91. The molecular weight excluding hydrogens is 232 g/mol. The Labute approximate surface area is 108 Å². The van der Waals surface area contributed by atoms with Crippen LogP contribution >= 0.6 is 0 Å². The molecule has 6 nitrogen and oxygen atoms in total. The molecule has 102 valence electrons. The van der Waals surface area contributed by atoms with E-state index in [9.17, 15) is 10.1 Å². The first kappa shape index (κ1) is 14.6. The van der Waals surface area contributed by atoms with Crippen molar-refractivity contribution in [3.63, 3.8) is 0 Å². The molecule has 1 unspecified atom stereocenters. The zero-order valence-electron chi connectivity index (χ0n) is 11.7. The van der Waals surface area contributed by atoms with Gasteiger partial charge in [-0.2, -0.15) is 5.10 Å². The first-order valence-corrected chi connectivity index (χ1v) is 6.30. The maximum atomic E-state index is 11.1. The van der Waals surface area contributed by atoms with E-state index in [1.807, 2.05) is 14.0 Å². The van der Waals surface area contributed by atoms with E-state index in [4.69, 9.17) is 0 Å². The Morgan fingerprint density at radius 1 is 1.50 bits per heavy atom. The second-order valence-electron chi connectivity index (χ2n) is 4.80. The summed E-state index contributed by atoms with van der Waals surface area (Å²) in [7, 11) is 1.88. The van der Waals surface area contributed by atoms with Crippen molar-refractivity contribution in [1.29, 1.82) is 0 Å². The van der Waals surface area contributed by atoms with E-state index >= 15 is 0 Å². The topological polar surface area (TPSA) is 73.0 Å². The molecule has 0 radical (unpaired) electrons. The Kier molecular flexibility index (Phi) is 4.84. The Balaban J connectivity index is 3.16. The van der Waals surface area contributed by atoms with Gasteiger partial charge >= 0.3 is 5.69 Å². The number of hydrogen-bond acceptors (Lipinski definition) is 4. The van der Waals surface area contributed by atoms with E-state index in [0.717, 1.165) is 0 Å². The number of nitro groups is 1. The Hall–Kier alpha value is -1.43. The van der Waals surface area contributed by atoms with Crippen molar-refractivity contribution in [3.05, 3.63) is 21.5 Å². The fourth-order valence-electron chi connectivity index (χ4n) is 2.20. The van der Waals surface area contributed by atoms with Crippen molar-refractivity contribution in [2.45, 2.75) is 46.7 Å². The van der Waals surface area contributed by atoms with Crippen LogP contribution in [0.2, 0.25) is 0 Å². The molecule has 0 aliphatic carbocycles. The largest absolute Gasteiger partial charge is 0.316 e. The zero-order valence-corrected chi connectivity index (χ0v) is 11.7. The molecule has 6 heteroatoms. The lowest BCUT2D eigenvalue weighted by atomic mass is 9.98. The average molecular weight is 254 g/mol. The third-order valence-corrected chi connectivity index (χ3v) is 3.27. The van der Waals surface area contributed by atoms with Crippen LogP contribution in [0.1, 0.15) is 32.2 Å². The molecule has 0 aromatic carbocycles. The molecule has 0 amide bonds. The third kappa shape index (κ3) is 2.87. The molecule has 1 atom stereocenters. The second-order valence-corrected chi connectivity index (χ2v) is 4.80. The summed E-state index contributed by atoms with van der Waals surface area (Å²) in [5, 5.41) is 18.6. The van der Waals surface area contributed by atoms with Gasteiger partial charge in [0.1, 0.15) is 11.4 Å². The van der Waals surface area contributed by atoms with Crippen LogP contribution in [0, 0.1) is 23.0 Å². The molecule has 1 heterocycles. The van der Waals surface area contributed by atoms with Gasteiger partial charge in [0.25, 0.3) is 0 Å². The number of aromatic nitrogens is 2. The molecule has 0 fully saturated rings. The number of nitrogens with one attached hydrogen (secondary N) is 1. The summed E-state index contributed by atoms with van der Waals surface area (Å²) in [4.78, 5) is 10.8. The van der Waals surface area contributed by atoms with E-state index in [1.54, 1.807) is 11.6 Å². The number of nitrogens with zero attached hydrogens (tertiary/aromatic N) is 3. The molecule has 0 spiro atoms. The summed E-state index contributed by atoms with van der Waals surface area (Å²) in [6.45, 7) is 8.50. The fourth-order valence-corrected chi connectivity index (χ4v) is 2.20. The minimum Gasteiger partial charge on any atom is -0.316 e. The summed E-state index contributed by atoms with van der Waals surface area (Å²) in [6.07, 6.45) is 0.624. The fraction of sp³-hybridized carbons (Fsp3) is 0.750. The van der Waals surface area contributed by atoms with E-state index in [0.29, 0.717) is 30.3 Å². The van der Waals surface area contributed by atoms with Gasteiger partial charge in [0, 0.05) is 19.0 Å². The van der Waals surface area contributed by atoms with Gasteiger partial charge in [0.2, 0.25) is 0 Å². The molecule has 1 N–H and O–H groups in total. The Bertz CT molecular complexity index is 426. The highest BCUT2D eigenvalue weighted by Gasteiger charge is 2.27. The minimum atomic E-state index is -0.323. The van der Waals surface area contributed by atoms with Crippen molar-refractivity contribution in [3.8, 4) is 0 Å². The average Bonchev–Trinajstić information content (AvgIpc) is 2.61. The monoisotopic (exact) mass is 254 g/mol. The minimum absolute atomic E-state index is 0.165. The van der Waals surface area contributed by atoms with Crippen molar-refractivity contribution < 1.29 is 4.92 Å². The van der Waals surface area contributed by atoms with Crippen LogP contribution in [0.5, 0.6) is 0 Å². The zero-order chi connectivity index (χ0) is 13.9. The molecular formula is C12H22N4O2. The van der Waals surface area contributed by atoms with Crippen LogP contribution in [0.4, 0.5) is 5.69 Å². The maximum absolute atomic E-state index is 11.1.